The maximum atomic E-state index is 12.1. The van der Waals surface area contributed by atoms with E-state index in [2.05, 4.69) is 33.2 Å². The van der Waals surface area contributed by atoms with E-state index in [0.29, 0.717) is 18.7 Å². The Morgan fingerprint density at radius 1 is 1.20 bits per heavy atom. The number of hydrogen-bond donors (Lipinski definition) is 2. The van der Waals surface area contributed by atoms with E-state index in [4.69, 9.17) is 0 Å². The molecule has 2 amide bonds. The molecule has 1 unspecified atom stereocenters. The third kappa shape index (κ3) is 6.90. The van der Waals surface area contributed by atoms with Crippen molar-refractivity contribution in [2.45, 2.75) is 19.4 Å². The molecule has 9 heteroatoms. The van der Waals surface area contributed by atoms with Crippen molar-refractivity contribution in [2.24, 2.45) is 0 Å². The van der Waals surface area contributed by atoms with E-state index >= 15 is 0 Å². The lowest BCUT2D eigenvalue weighted by atomic mass is 10.2. The average molecular weight is 479 g/mol. The molecule has 1 saturated heterocycles. The van der Waals surface area contributed by atoms with Gasteiger partial charge in [0.15, 0.2) is 9.84 Å². The summed E-state index contributed by atoms with van der Waals surface area (Å²) in [5.74, 6) is -0.336. The first-order chi connectivity index (χ1) is 11.8. The minimum atomic E-state index is -3.02. The van der Waals surface area contributed by atoms with Gasteiger partial charge in [0.05, 0.1) is 24.6 Å². The Hall–Kier alpha value is -1.20. The molecule has 1 atom stereocenters. The molecule has 1 fully saturated rings. The SMILES string of the molecule is CCN(CC(=O)Nc1ccc(I)cc1)CC(=O)NC1CCS(=O)(=O)C1. The molecule has 2 N–H and O–H groups in total. The van der Waals surface area contributed by atoms with E-state index < -0.39 is 9.84 Å². The second-order valence-corrected chi connectivity index (χ2v) is 9.50. The topological polar surface area (TPSA) is 95.6 Å². The average Bonchev–Trinajstić information content (AvgIpc) is 2.87. The number of sulfone groups is 1. The standard InChI is InChI=1S/C16H22IN3O4S/c1-2-20(9-15(21)18-13-5-3-12(17)4-6-13)10-16(22)19-14-7-8-25(23,24)11-14/h3-6,14H,2,7-11H2,1H3,(H,18,21)(H,19,22). The zero-order valence-corrected chi connectivity index (χ0v) is 17.0. The highest BCUT2D eigenvalue weighted by Gasteiger charge is 2.29. The first kappa shape index (κ1) is 20.1. The lowest BCUT2D eigenvalue weighted by molar-refractivity contribution is -0.123. The summed E-state index contributed by atoms with van der Waals surface area (Å²) >= 11 is 2.19. The number of hydrogen-bond acceptors (Lipinski definition) is 5. The van der Waals surface area contributed by atoms with Crippen LogP contribution in [0.5, 0.6) is 0 Å². The lowest BCUT2D eigenvalue weighted by Gasteiger charge is -2.20. The number of rotatable bonds is 7. The number of amides is 2. The van der Waals surface area contributed by atoms with Crippen molar-refractivity contribution in [2.75, 3.05) is 36.5 Å². The van der Waals surface area contributed by atoms with Crippen LogP contribution in [0.15, 0.2) is 24.3 Å². The predicted molar refractivity (Wildman–Crippen MR) is 105 cm³/mol. The zero-order chi connectivity index (χ0) is 18.4. The van der Waals surface area contributed by atoms with Crippen LogP contribution in [0.1, 0.15) is 13.3 Å². The van der Waals surface area contributed by atoms with Crippen molar-refractivity contribution in [3.8, 4) is 0 Å². The highest BCUT2D eigenvalue weighted by molar-refractivity contribution is 14.1. The number of carbonyl (C=O) groups excluding carboxylic acids is 2. The Balaban J connectivity index is 1.79. The molecule has 2 rings (SSSR count). The van der Waals surface area contributed by atoms with Crippen molar-refractivity contribution < 1.29 is 18.0 Å². The molecule has 0 radical (unpaired) electrons. The van der Waals surface area contributed by atoms with E-state index in [1.54, 1.807) is 4.90 Å². The second kappa shape index (κ2) is 8.95. The Morgan fingerprint density at radius 2 is 1.84 bits per heavy atom. The maximum absolute atomic E-state index is 12.1. The van der Waals surface area contributed by atoms with Gasteiger partial charge >= 0.3 is 0 Å². The molecule has 1 aromatic rings. The molecule has 138 valence electrons. The molecule has 7 nitrogen and oxygen atoms in total. The van der Waals surface area contributed by atoms with Crippen LogP contribution >= 0.6 is 22.6 Å². The van der Waals surface area contributed by atoms with Gasteiger partial charge in [0.2, 0.25) is 11.8 Å². The molecule has 0 bridgehead atoms. The summed E-state index contributed by atoms with van der Waals surface area (Å²) in [7, 11) is -3.02. The van der Waals surface area contributed by atoms with Crippen molar-refractivity contribution >= 4 is 49.9 Å². The van der Waals surface area contributed by atoms with Crippen LogP contribution in [0.4, 0.5) is 5.69 Å². The summed E-state index contributed by atoms with van der Waals surface area (Å²) in [4.78, 5) is 25.9. The third-order valence-electron chi connectivity index (χ3n) is 3.91. The zero-order valence-electron chi connectivity index (χ0n) is 14.0. The number of likely N-dealkylation sites (N-methyl/N-ethyl adjacent to an activating group) is 1. The molecule has 1 aliphatic heterocycles. The summed E-state index contributed by atoms with van der Waals surface area (Å²) in [6.07, 6.45) is 0.452. The van der Waals surface area contributed by atoms with E-state index in [1.165, 1.54) is 0 Å². The summed E-state index contributed by atoms with van der Waals surface area (Å²) in [6, 6.07) is 7.12. The molecular formula is C16H22IN3O4S. The first-order valence-electron chi connectivity index (χ1n) is 8.05. The summed E-state index contributed by atoms with van der Waals surface area (Å²) in [5, 5.41) is 5.53. The Morgan fingerprint density at radius 3 is 2.40 bits per heavy atom. The van der Waals surface area contributed by atoms with E-state index in [9.17, 15) is 18.0 Å². The van der Waals surface area contributed by atoms with Crippen LogP contribution in [0.2, 0.25) is 0 Å². The quantitative estimate of drug-likeness (QED) is 0.566. The van der Waals surface area contributed by atoms with Gasteiger partial charge in [-0.05, 0) is 59.8 Å². The molecule has 1 aromatic carbocycles. The molecule has 0 spiro atoms. The number of benzene rings is 1. The second-order valence-electron chi connectivity index (χ2n) is 6.03. The number of anilines is 1. The molecule has 25 heavy (non-hydrogen) atoms. The Bertz CT molecular complexity index is 721. The fourth-order valence-electron chi connectivity index (χ4n) is 2.60. The van der Waals surface area contributed by atoms with Crippen LogP contribution in [0.25, 0.3) is 0 Å². The van der Waals surface area contributed by atoms with E-state index in [-0.39, 0.29) is 42.5 Å². The van der Waals surface area contributed by atoms with Gasteiger partial charge < -0.3 is 10.6 Å². The van der Waals surface area contributed by atoms with Gasteiger partial charge in [-0.1, -0.05) is 6.92 Å². The third-order valence-corrected chi connectivity index (χ3v) is 6.39. The Labute approximate surface area is 161 Å². The minimum Gasteiger partial charge on any atom is -0.351 e. The highest BCUT2D eigenvalue weighted by Crippen LogP contribution is 2.12. The monoisotopic (exact) mass is 479 g/mol. The Kier molecular flexibility index (Phi) is 7.20. The van der Waals surface area contributed by atoms with Gasteiger partial charge in [-0.2, -0.15) is 0 Å². The van der Waals surface area contributed by atoms with Gasteiger partial charge in [-0.3, -0.25) is 14.5 Å². The molecule has 1 aliphatic rings. The number of halogens is 1. The lowest BCUT2D eigenvalue weighted by Crippen LogP contribution is -2.44. The summed E-state index contributed by atoms with van der Waals surface area (Å²) < 4.78 is 23.9. The van der Waals surface area contributed by atoms with Crippen molar-refractivity contribution in [3.63, 3.8) is 0 Å². The smallest absolute Gasteiger partial charge is 0.238 e. The van der Waals surface area contributed by atoms with Crippen LogP contribution in [-0.4, -0.2) is 62.3 Å². The van der Waals surface area contributed by atoms with E-state index in [1.807, 2.05) is 31.2 Å². The number of nitrogens with zero attached hydrogens (tertiary/aromatic N) is 1. The van der Waals surface area contributed by atoms with Crippen LogP contribution in [0.3, 0.4) is 0 Å². The van der Waals surface area contributed by atoms with Gasteiger partial charge in [0.25, 0.3) is 0 Å². The minimum absolute atomic E-state index is 0.00183. The largest absolute Gasteiger partial charge is 0.351 e. The normalized spacial score (nSPS) is 18.9. The molecule has 0 aromatic heterocycles. The van der Waals surface area contributed by atoms with Crippen LogP contribution < -0.4 is 10.6 Å². The molecule has 0 saturated carbocycles. The number of nitrogens with one attached hydrogen (secondary N) is 2. The number of carbonyl (C=O) groups is 2. The maximum Gasteiger partial charge on any atom is 0.238 e. The fourth-order valence-corrected chi connectivity index (χ4v) is 4.63. The fraction of sp³-hybridized carbons (Fsp3) is 0.500. The van der Waals surface area contributed by atoms with E-state index in [0.717, 1.165) is 3.57 Å². The van der Waals surface area contributed by atoms with Gasteiger partial charge in [-0.25, -0.2) is 8.42 Å². The summed E-state index contributed by atoms with van der Waals surface area (Å²) in [5.41, 5.74) is 0.710. The van der Waals surface area contributed by atoms with Crippen molar-refractivity contribution in [3.05, 3.63) is 27.8 Å². The molecular weight excluding hydrogens is 457 g/mol. The van der Waals surface area contributed by atoms with Crippen molar-refractivity contribution in [1.29, 1.82) is 0 Å². The predicted octanol–water partition coefficient (Wildman–Crippen LogP) is 0.855. The van der Waals surface area contributed by atoms with Gasteiger partial charge in [-0.15, -0.1) is 0 Å². The van der Waals surface area contributed by atoms with Crippen LogP contribution in [-0.2, 0) is 19.4 Å². The van der Waals surface area contributed by atoms with Gasteiger partial charge in [0, 0.05) is 15.3 Å². The van der Waals surface area contributed by atoms with Crippen molar-refractivity contribution in [1.82, 2.24) is 10.2 Å². The van der Waals surface area contributed by atoms with Gasteiger partial charge in [0.1, 0.15) is 0 Å². The molecule has 0 aliphatic carbocycles. The first-order valence-corrected chi connectivity index (χ1v) is 10.9. The highest BCUT2D eigenvalue weighted by atomic mass is 127. The van der Waals surface area contributed by atoms with Crippen LogP contribution in [0, 0.1) is 3.57 Å². The molecule has 1 heterocycles. The summed E-state index contributed by atoms with van der Waals surface area (Å²) in [6.45, 7) is 2.56.